The van der Waals surface area contributed by atoms with Crippen molar-refractivity contribution in [3.63, 3.8) is 0 Å². The second kappa shape index (κ2) is 7.16. The standard InChI is InChI=1S/C19H19N2.Y/c1-2-6-17-14(4-1)7-8-16-5-3-11-21-19(16)18(17)15-9-12-20-13-10-15;/h1-6,11H,7-10,12-13H2;/q-1;. The molecular formula is C19H19N2Y-. The van der Waals surface area contributed by atoms with Gasteiger partial charge in [-0.15, -0.1) is 13.1 Å². The molecule has 1 aromatic heterocycles. The van der Waals surface area contributed by atoms with E-state index in [-0.39, 0.29) is 32.7 Å². The van der Waals surface area contributed by atoms with Gasteiger partial charge in [-0.1, -0.05) is 48.7 Å². The second-order valence-corrected chi connectivity index (χ2v) is 5.82. The van der Waals surface area contributed by atoms with E-state index in [1.807, 2.05) is 6.20 Å². The van der Waals surface area contributed by atoms with Gasteiger partial charge in [-0.2, -0.15) is 0 Å². The van der Waals surface area contributed by atoms with Crippen LogP contribution >= 0.6 is 0 Å². The van der Waals surface area contributed by atoms with Crippen LogP contribution in [0.15, 0.2) is 48.2 Å². The van der Waals surface area contributed by atoms with Gasteiger partial charge in [0.2, 0.25) is 0 Å². The van der Waals surface area contributed by atoms with Gasteiger partial charge in [-0.25, -0.2) is 0 Å². The summed E-state index contributed by atoms with van der Waals surface area (Å²) in [5.41, 5.74) is 8.39. The molecule has 3 heteroatoms. The molecule has 0 spiro atoms. The van der Waals surface area contributed by atoms with Gasteiger partial charge >= 0.3 is 0 Å². The molecule has 1 radical (unpaired) electrons. The summed E-state index contributed by atoms with van der Waals surface area (Å²) in [6, 6.07) is 13.2. The van der Waals surface area contributed by atoms with E-state index in [1.165, 1.54) is 28.0 Å². The van der Waals surface area contributed by atoms with Crippen molar-refractivity contribution in [2.24, 2.45) is 0 Å². The van der Waals surface area contributed by atoms with Crippen molar-refractivity contribution < 1.29 is 32.7 Å². The van der Waals surface area contributed by atoms with Gasteiger partial charge in [-0.3, -0.25) is 4.98 Å². The SMILES string of the molecule is [Y].c1ccc2c(c1)CCc1cccnc1C2=C1CC[N-]CC1. The van der Waals surface area contributed by atoms with Crippen LogP contribution in [0.1, 0.15) is 35.2 Å². The molecule has 2 nitrogen and oxygen atoms in total. The van der Waals surface area contributed by atoms with Gasteiger partial charge < -0.3 is 5.32 Å². The molecule has 0 N–H and O–H groups in total. The van der Waals surface area contributed by atoms with Crippen LogP contribution in [0.25, 0.3) is 10.9 Å². The van der Waals surface area contributed by atoms with Crippen LogP contribution in [0.2, 0.25) is 0 Å². The second-order valence-electron chi connectivity index (χ2n) is 5.82. The zero-order valence-electron chi connectivity index (χ0n) is 12.8. The summed E-state index contributed by atoms with van der Waals surface area (Å²) >= 11 is 0. The first-order valence-electron chi connectivity index (χ1n) is 7.81. The van der Waals surface area contributed by atoms with Crippen molar-refractivity contribution in [1.29, 1.82) is 0 Å². The fourth-order valence-electron chi connectivity index (χ4n) is 3.52. The van der Waals surface area contributed by atoms with Gasteiger partial charge in [-0.05, 0) is 35.6 Å². The number of aromatic nitrogens is 1. The van der Waals surface area contributed by atoms with E-state index in [1.54, 1.807) is 5.57 Å². The Labute approximate surface area is 157 Å². The van der Waals surface area contributed by atoms with E-state index in [9.17, 15) is 0 Å². The van der Waals surface area contributed by atoms with Gasteiger partial charge in [0.1, 0.15) is 0 Å². The Hall–Kier alpha value is -0.826. The number of rotatable bonds is 0. The topological polar surface area (TPSA) is 27.0 Å². The van der Waals surface area contributed by atoms with Gasteiger partial charge in [0.05, 0.1) is 5.69 Å². The van der Waals surface area contributed by atoms with Crippen LogP contribution in [0.3, 0.4) is 0 Å². The minimum atomic E-state index is 0. The molecule has 0 saturated carbocycles. The Morgan fingerprint density at radius 1 is 0.818 bits per heavy atom. The minimum absolute atomic E-state index is 0. The number of aryl methyl sites for hydroxylation is 2. The molecule has 22 heavy (non-hydrogen) atoms. The zero-order chi connectivity index (χ0) is 14.1. The summed E-state index contributed by atoms with van der Waals surface area (Å²) in [6.45, 7) is 1.92. The molecule has 1 saturated heterocycles. The number of hydrogen-bond acceptors (Lipinski definition) is 1. The van der Waals surface area contributed by atoms with Crippen LogP contribution in [0.4, 0.5) is 0 Å². The molecule has 2 heterocycles. The van der Waals surface area contributed by atoms with E-state index in [0.717, 1.165) is 38.8 Å². The maximum Gasteiger partial charge on any atom is 0.0739 e. The first-order chi connectivity index (χ1) is 10.4. The Morgan fingerprint density at radius 2 is 1.55 bits per heavy atom. The quantitative estimate of drug-likeness (QED) is 0.690. The summed E-state index contributed by atoms with van der Waals surface area (Å²) in [7, 11) is 0. The smallest absolute Gasteiger partial charge is 0.0739 e. The number of hydrogen-bond donors (Lipinski definition) is 0. The van der Waals surface area contributed by atoms with Crippen molar-refractivity contribution in [2.75, 3.05) is 13.1 Å². The largest absolute Gasteiger partial charge is 0.662 e. The molecule has 4 rings (SSSR count). The third-order valence-electron chi connectivity index (χ3n) is 4.58. The Bertz CT molecular complexity index is 649. The maximum absolute atomic E-state index is 4.75. The number of nitrogens with zero attached hydrogens (tertiary/aromatic N) is 2. The van der Waals surface area contributed by atoms with Crippen molar-refractivity contribution in [3.05, 3.63) is 75.9 Å². The van der Waals surface area contributed by atoms with E-state index in [0.29, 0.717) is 0 Å². The average Bonchev–Trinajstić information content (AvgIpc) is 2.72. The van der Waals surface area contributed by atoms with Gasteiger partial charge in [0.25, 0.3) is 0 Å². The predicted octanol–water partition coefficient (Wildman–Crippen LogP) is 4.15. The molecule has 1 aliphatic heterocycles. The van der Waals surface area contributed by atoms with Crippen molar-refractivity contribution in [3.8, 4) is 0 Å². The molecule has 2 aliphatic rings. The number of fused-ring (bicyclic) bond motifs is 2. The van der Waals surface area contributed by atoms with Crippen LogP contribution in [0.5, 0.6) is 0 Å². The summed E-state index contributed by atoms with van der Waals surface area (Å²) in [5, 5.41) is 4.50. The summed E-state index contributed by atoms with van der Waals surface area (Å²) in [5.74, 6) is 0. The molecule has 0 atom stereocenters. The van der Waals surface area contributed by atoms with Crippen LogP contribution in [-0.2, 0) is 45.6 Å². The Morgan fingerprint density at radius 3 is 2.41 bits per heavy atom. The molecular weight excluding hydrogens is 345 g/mol. The van der Waals surface area contributed by atoms with Crippen LogP contribution in [-0.4, -0.2) is 18.1 Å². The predicted molar refractivity (Wildman–Crippen MR) is 86.4 cm³/mol. The van der Waals surface area contributed by atoms with Crippen LogP contribution in [0, 0.1) is 0 Å². The van der Waals surface area contributed by atoms with Crippen molar-refractivity contribution in [2.45, 2.75) is 25.7 Å². The first-order valence-corrected chi connectivity index (χ1v) is 7.81. The summed E-state index contributed by atoms with van der Waals surface area (Å²) in [4.78, 5) is 4.75. The molecule has 109 valence electrons. The number of pyridine rings is 1. The summed E-state index contributed by atoms with van der Waals surface area (Å²) in [6.07, 6.45) is 6.29. The molecule has 0 bridgehead atoms. The molecule has 1 fully saturated rings. The fourth-order valence-corrected chi connectivity index (χ4v) is 3.52. The molecule has 1 aromatic carbocycles. The van der Waals surface area contributed by atoms with E-state index in [2.05, 4.69) is 41.7 Å². The molecule has 2 aromatic rings. The molecule has 0 amide bonds. The summed E-state index contributed by atoms with van der Waals surface area (Å²) < 4.78 is 0. The van der Waals surface area contributed by atoms with E-state index >= 15 is 0 Å². The normalized spacial score (nSPS) is 17.1. The van der Waals surface area contributed by atoms with Gasteiger partial charge in [0, 0.05) is 44.5 Å². The minimum Gasteiger partial charge on any atom is -0.662 e. The van der Waals surface area contributed by atoms with Gasteiger partial charge in [0.15, 0.2) is 0 Å². The number of piperidine rings is 1. The number of benzene rings is 1. The first kappa shape index (κ1) is 16.0. The zero-order valence-corrected chi connectivity index (χ0v) is 15.6. The Balaban J connectivity index is 0.00000144. The van der Waals surface area contributed by atoms with Crippen molar-refractivity contribution >= 4 is 5.57 Å². The third kappa shape index (κ3) is 2.97. The van der Waals surface area contributed by atoms with Crippen molar-refractivity contribution in [1.82, 2.24) is 4.98 Å². The van der Waals surface area contributed by atoms with E-state index in [4.69, 9.17) is 4.98 Å². The third-order valence-corrected chi connectivity index (χ3v) is 4.58. The van der Waals surface area contributed by atoms with Crippen LogP contribution < -0.4 is 0 Å². The monoisotopic (exact) mass is 364 g/mol. The molecule has 1 aliphatic carbocycles. The average molecular weight is 364 g/mol. The fraction of sp³-hybridized carbons (Fsp3) is 0.316. The molecule has 0 unspecified atom stereocenters. The maximum atomic E-state index is 4.75. The Kier molecular flexibility index (Phi) is 5.23. The van der Waals surface area contributed by atoms with E-state index < -0.39 is 0 Å².